The second-order valence-corrected chi connectivity index (χ2v) is 5.12. The summed E-state index contributed by atoms with van der Waals surface area (Å²) >= 11 is 0. The number of ketones is 1. The summed E-state index contributed by atoms with van der Waals surface area (Å²) in [7, 11) is 1.76. The lowest BCUT2D eigenvalue weighted by Crippen LogP contribution is -2.30. The number of aromatic nitrogens is 3. The molecule has 0 unspecified atom stereocenters. The van der Waals surface area contributed by atoms with Crippen LogP contribution in [0.3, 0.4) is 0 Å². The zero-order valence-electron chi connectivity index (χ0n) is 11.2. The minimum absolute atomic E-state index is 0.0274. The maximum Gasteiger partial charge on any atom is 0.148 e. The van der Waals surface area contributed by atoms with Crippen molar-refractivity contribution in [1.82, 2.24) is 15.0 Å². The van der Waals surface area contributed by atoms with Crippen molar-refractivity contribution in [2.45, 2.75) is 25.7 Å². The molecule has 0 aliphatic rings. The molecular formula is C14H16FN3O. The number of benzene rings is 1. The quantitative estimate of drug-likeness (QED) is 0.846. The highest BCUT2D eigenvalue weighted by Crippen LogP contribution is 2.25. The Kier molecular flexibility index (Phi) is 3.46. The van der Waals surface area contributed by atoms with E-state index in [2.05, 4.69) is 10.3 Å². The molecule has 0 bridgehead atoms. The van der Waals surface area contributed by atoms with E-state index in [9.17, 15) is 9.18 Å². The Labute approximate surface area is 111 Å². The lowest BCUT2D eigenvalue weighted by Gasteiger charge is -2.23. The fraction of sp³-hybridized carbons (Fsp3) is 0.357. The van der Waals surface area contributed by atoms with Crippen LogP contribution in [0.15, 0.2) is 30.5 Å². The summed E-state index contributed by atoms with van der Waals surface area (Å²) in [6.45, 7) is 3.66. The van der Waals surface area contributed by atoms with Gasteiger partial charge in [0.25, 0.3) is 0 Å². The molecule has 5 heteroatoms. The third kappa shape index (κ3) is 2.86. The molecular weight excluding hydrogens is 245 g/mol. The summed E-state index contributed by atoms with van der Waals surface area (Å²) in [5.74, 6) is -0.277. The van der Waals surface area contributed by atoms with E-state index in [1.54, 1.807) is 30.1 Å². The van der Waals surface area contributed by atoms with E-state index in [-0.39, 0.29) is 18.0 Å². The minimum atomic E-state index is -0.675. The van der Waals surface area contributed by atoms with Gasteiger partial charge < -0.3 is 0 Å². The number of carbonyl (C=O) groups excluding carboxylic acids is 1. The molecule has 1 aromatic carbocycles. The van der Waals surface area contributed by atoms with Crippen molar-refractivity contribution in [2.24, 2.45) is 7.05 Å². The van der Waals surface area contributed by atoms with E-state index >= 15 is 0 Å². The lowest BCUT2D eigenvalue weighted by atomic mass is 9.79. The number of hydrogen-bond acceptors (Lipinski definition) is 3. The smallest absolute Gasteiger partial charge is 0.148 e. The van der Waals surface area contributed by atoms with Gasteiger partial charge in [-0.05, 0) is 31.5 Å². The molecule has 2 rings (SSSR count). The van der Waals surface area contributed by atoms with Crippen molar-refractivity contribution in [3.63, 3.8) is 0 Å². The van der Waals surface area contributed by atoms with Gasteiger partial charge in [-0.15, -0.1) is 5.10 Å². The Bertz CT molecular complexity index is 587. The third-order valence-electron chi connectivity index (χ3n) is 3.25. The lowest BCUT2D eigenvalue weighted by molar-refractivity contribution is -0.122. The molecule has 4 nitrogen and oxygen atoms in total. The molecule has 0 atom stereocenters. The average molecular weight is 261 g/mol. The van der Waals surface area contributed by atoms with E-state index in [1.165, 1.54) is 12.1 Å². The second kappa shape index (κ2) is 4.91. The zero-order valence-corrected chi connectivity index (χ0v) is 11.2. The predicted octanol–water partition coefficient (Wildman–Crippen LogP) is 2.04. The first kappa shape index (κ1) is 13.4. The second-order valence-electron chi connectivity index (χ2n) is 5.12. The Balaban J connectivity index is 2.19. The number of aryl methyl sites for hydroxylation is 1. The summed E-state index contributed by atoms with van der Waals surface area (Å²) in [6.07, 6.45) is 1.94. The Morgan fingerprint density at radius 2 is 1.95 bits per heavy atom. The van der Waals surface area contributed by atoms with Crippen molar-refractivity contribution >= 4 is 5.78 Å². The molecule has 0 saturated carbocycles. The van der Waals surface area contributed by atoms with Crippen molar-refractivity contribution in [2.75, 3.05) is 0 Å². The molecule has 0 N–H and O–H groups in total. The molecule has 2 aromatic rings. The van der Waals surface area contributed by atoms with Crippen LogP contribution < -0.4 is 0 Å². The SMILES string of the molecule is Cn1cc(CC(=O)C(C)(C)c2ccc(F)cc2)nn1. The molecule has 1 heterocycles. The molecule has 0 saturated heterocycles. The first-order valence-electron chi connectivity index (χ1n) is 6.04. The Morgan fingerprint density at radius 1 is 1.32 bits per heavy atom. The molecule has 0 radical (unpaired) electrons. The summed E-state index contributed by atoms with van der Waals surface area (Å²) in [6, 6.07) is 6.02. The third-order valence-corrected chi connectivity index (χ3v) is 3.25. The number of halogens is 1. The Hall–Kier alpha value is -2.04. The number of carbonyl (C=O) groups is 1. The van der Waals surface area contributed by atoms with Gasteiger partial charge in [-0.2, -0.15) is 0 Å². The van der Waals surface area contributed by atoms with Crippen LogP contribution in [0.25, 0.3) is 0 Å². The van der Waals surface area contributed by atoms with Gasteiger partial charge in [0.2, 0.25) is 0 Å². The average Bonchev–Trinajstić information content (AvgIpc) is 2.75. The fourth-order valence-electron chi connectivity index (χ4n) is 1.89. The summed E-state index contributed by atoms with van der Waals surface area (Å²) in [4.78, 5) is 12.4. The first-order valence-corrected chi connectivity index (χ1v) is 6.04. The highest BCUT2D eigenvalue weighted by molar-refractivity contribution is 5.90. The van der Waals surface area contributed by atoms with Gasteiger partial charge in [0.15, 0.2) is 0 Å². The summed E-state index contributed by atoms with van der Waals surface area (Å²) in [5, 5.41) is 7.71. The number of Topliss-reactive ketones (excluding diaryl/α,β-unsaturated/α-hetero) is 1. The van der Waals surface area contributed by atoms with Crippen LogP contribution in [0.2, 0.25) is 0 Å². The molecule has 0 fully saturated rings. The molecule has 19 heavy (non-hydrogen) atoms. The van der Waals surface area contributed by atoms with Crippen molar-refractivity contribution in [3.05, 3.63) is 47.5 Å². The fourth-order valence-corrected chi connectivity index (χ4v) is 1.89. The van der Waals surface area contributed by atoms with Crippen molar-refractivity contribution in [3.8, 4) is 0 Å². The number of rotatable bonds is 4. The normalized spacial score (nSPS) is 11.6. The van der Waals surface area contributed by atoms with Crippen LogP contribution in [-0.2, 0) is 23.7 Å². The summed E-state index contributed by atoms with van der Waals surface area (Å²) in [5.41, 5.74) is 0.760. The molecule has 0 aliphatic carbocycles. The highest BCUT2D eigenvalue weighted by Gasteiger charge is 2.30. The van der Waals surface area contributed by atoms with Gasteiger partial charge >= 0.3 is 0 Å². The van der Waals surface area contributed by atoms with E-state index in [4.69, 9.17) is 0 Å². The van der Waals surface area contributed by atoms with Crippen LogP contribution >= 0.6 is 0 Å². The first-order chi connectivity index (χ1) is 8.89. The van der Waals surface area contributed by atoms with E-state index in [0.29, 0.717) is 5.69 Å². The monoisotopic (exact) mass is 261 g/mol. The van der Waals surface area contributed by atoms with Crippen LogP contribution in [-0.4, -0.2) is 20.8 Å². The van der Waals surface area contributed by atoms with E-state index in [1.807, 2.05) is 13.8 Å². The number of hydrogen-bond donors (Lipinski definition) is 0. The standard InChI is InChI=1S/C14H16FN3O/c1-14(2,10-4-6-11(15)7-5-10)13(19)8-12-9-18(3)17-16-12/h4-7,9H,8H2,1-3H3. The van der Waals surface area contributed by atoms with E-state index < -0.39 is 5.41 Å². The topological polar surface area (TPSA) is 47.8 Å². The van der Waals surface area contributed by atoms with Gasteiger partial charge in [0.1, 0.15) is 11.6 Å². The van der Waals surface area contributed by atoms with Crippen molar-refractivity contribution in [1.29, 1.82) is 0 Å². The number of nitrogens with zero attached hydrogens (tertiary/aromatic N) is 3. The molecule has 0 amide bonds. The highest BCUT2D eigenvalue weighted by atomic mass is 19.1. The van der Waals surface area contributed by atoms with Gasteiger partial charge in [0.05, 0.1) is 12.1 Å². The molecule has 0 spiro atoms. The van der Waals surface area contributed by atoms with Crippen LogP contribution in [0.5, 0.6) is 0 Å². The minimum Gasteiger partial charge on any atom is -0.298 e. The summed E-state index contributed by atoms with van der Waals surface area (Å²) < 4.78 is 14.5. The largest absolute Gasteiger partial charge is 0.298 e. The van der Waals surface area contributed by atoms with Gasteiger partial charge in [-0.1, -0.05) is 17.3 Å². The van der Waals surface area contributed by atoms with Crippen LogP contribution in [0, 0.1) is 5.82 Å². The molecule has 0 aliphatic heterocycles. The maximum absolute atomic E-state index is 12.9. The van der Waals surface area contributed by atoms with Gasteiger partial charge in [-0.25, -0.2) is 4.39 Å². The van der Waals surface area contributed by atoms with E-state index in [0.717, 1.165) is 5.56 Å². The van der Waals surface area contributed by atoms with Gasteiger partial charge in [-0.3, -0.25) is 9.48 Å². The van der Waals surface area contributed by atoms with Crippen LogP contribution in [0.4, 0.5) is 4.39 Å². The zero-order chi connectivity index (χ0) is 14.0. The van der Waals surface area contributed by atoms with Crippen molar-refractivity contribution < 1.29 is 9.18 Å². The molecule has 100 valence electrons. The van der Waals surface area contributed by atoms with Gasteiger partial charge in [0, 0.05) is 18.7 Å². The maximum atomic E-state index is 12.9. The van der Waals surface area contributed by atoms with Crippen LogP contribution in [0.1, 0.15) is 25.1 Å². The predicted molar refractivity (Wildman–Crippen MR) is 69.1 cm³/mol. The Morgan fingerprint density at radius 3 is 2.47 bits per heavy atom. The molecule has 1 aromatic heterocycles.